The molecule has 4 heteroatoms. The fourth-order valence-electron chi connectivity index (χ4n) is 2.69. The molecule has 1 heterocycles. The minimum atomic E-state index is 0.686. The number of aryl methyl sites for hydroxylation is 1. The molecular weight excluding hydrogens is 296 g/mol. The van der Waals surface area contributed by atoms with Crippen molar-refractivity contribution in [2.75, 3.05) is 19.4 Å². The number of aromatic nitrogens is 2. The van der Waals surface area contributed by atoms with Crippen molar-refractivity contribution in [3.05, 3.63) is 59.8 Å². The Labute approximate surface area is 143 Å². The second kappa shape index (κ2) is 6.87. The maximum atomic E-state index is 4.28. The number of benzene rings is 1. The van der Waals surface area contributed by atoms with E-state index in [1.165, 1.54) is 24.0 Å². The van der Waals surface area contributed by atoms with Crippen LogP contribution in [0.5, 0.6) is 0 Å². The highest BCUT2D eigenvalue weighted by Gasteiger charge is 2.26. The Morgan fingerprint density at radius 2 is 2.04 bits per heavy atom. The number of nitrogens with zero attached hydrogens (tertiary/aromatic N) is 3. The lowest BCUT2D eigenvalue weighted by molar-refractivity contribution is 0.423. The predicted molar refractivity (Wildman–Crippen MR) is 101 cm³/mol. The van der Waals surface area contributed by atoms with E-state index in [0.29, 0.717) is 6.04 Å². The number of hydrogen-bond donors (Lipinski definition) is 1. The standard InChI is InChI=1S/C20H24N4/c1-14-13-16(6-5-15(2)24(4)17-8-9-17)7-10-18(14)19-11-12-20(21-3)23-22-19/h5-7,10-13,17H,2,8-9H2,1,3-4H3,(H,21,23)/b6-5+. The minimum absolute atomic E-state index is 0.686. The molecular formula is C20H24N4. The molecule has 3 rings (SSSR count). The summed E-state index contributed by atoms with van der Waals surface area (Å²) in [7, 11) is 3.96. The Morgan fingerprint density at radius 3 is 2.62 bits per heavy atom. The Morgan fingerprint density at radius 1 is 1.25 bits per heavy atom. The van der Waals surface area contributed by atoms with Gasteiger partial charge in [0, 0.05) is 31.4 Å². The van der Waals surface area contributed by atoms with Gasteiger partial charge in [-0.2, -0.15) is 0 Å². The maximum absolute atomic E-state index is 4.28. The summed E-state index contributed by atoms with van der Waals surface area (Å²) in [5.74, 6) is 0.772. The minimum Gasteiger partial charge on any atom is -0.372 e. The van der Waals surface area contributed by atoms with Crippen LogP contribution in [0.2, 0.25) is 0 Å². The van der Waals surface area contributed by atoms with E-state index in [4.69, 9.17) is 0 Å². The smallest absolute Gasteiger partial charge is 0.148 e. The molecule has 0 atom stereocenters. The summed E-state index contributed by atoms with van der Waals surface area (Å²) in [5, 5.41) is 11.4. The number of rotatable bonds is 6. The zero-order valence-electron chi connectivity index (χ0n) is 14.6. The van der Waals surface area contributed by atoms with E-state index in [1.54, 1.807) is 0 Å². The van der Waals surface area contributed by atoms with Gasteiger partial charge in [-0.15, -0.1) is 10.2 Å². The van der Waals surface area contributed by atoms with Gasteiger partial charge in [0.25, 0.3) is 0 Å². The summed E-state index contributed by atoms with van der Waals surface area (Å²) in [4.78, 5) is 2.26. The van der Waals surface area contributed by atoms with E-state index >= 15 is 0 Å². The van der Waals surface area contributed by atoms with Crippen LogP contribution in [0.25, 0.3) is 17.3 Å². The van der Waals surface area contributed by atoms with Gasteiger partial charge in [-0.3, -0.25) is 0 Å². The Hall–Kier alpha value is -2.62. The third kappa shape index (κ3) is 3.65. The van der Waals surface area contributed by atoms with Crippen molar-refractivity contribution < 1.29 is 0 Å². The van der Waals surface area contributed by atoms with Gasteiger partial charge >= 0.3 is 0 Å². The predicted octanol–water partition coefficient (Wildman–Crippen LogP) is 4.11. The molecule has 0 amide bonds. The molecule has 1 aromatic carbocycles. The van der Waals surface area contributed by atoms with Gasteiger partial charge in [0.2, 0.25) is 0 Å². The van der Waals surface area contributed by atoms with Crippen LogP contribution in [0.4, 0.5) is 5.82 Å². The topological polar surface area (TPSA) is 41.1 Å². The molecule has 1 fully saturated rings. The molecule has 0 saturated heterocycles. The van der Waals surface area contributed by atoms with E-state index in [9.17, 15) is 0 Å². The molecule has 1 aromatic heterocycles. The Balaban J connectivity index is 1.75. The van der Waals surface area contributed by atoms with Crippen LogP contribution < -0.4 is 5.32 Å². The van der Waals surface area contributed by atoms with Crippen LogP contribution in [0.3, 0.4) is 0 Å². The molecule has 4 nitrogen and oxygen atoms in total. The van der Waals surface area contributed by atoms with E-state index in [2.05, 4.69) is 71.3 Å². The van der Waals surface area contributed by atoms with Crippen LogP contribution in [0, 0.1) is 6.92 Å². The molecule has 1 saturated carbocycles. The van der Waals surface area contributed by atoms with Gasteiger partial charge in [0.15, 0.2) is 0 Å². The van der Waals surface area contributed by atoms with Gasteiger partial charge in [-0.05, 0) is 49.1 Å². The van der Waals surface area contributed by atoms with Gasteiger partial charge in [0.05, 0.1) is 5.69 Å². The summed E-state index contributed by atoms with van der Waals surface area (Å²) in [6, 6.07) is 11.0. The molecule has 0 bridgehead atoms. The maximum Gasteiger partial charge on any atom is 0.148 e. The van der Waals surface area contributed by atoms with E-state index < -0.39 is 0 Å². The van der Waals surface area contributed by atoms with Crippen LogP contribution in [-0.4, -0.2) is 35.2 Å². The molecule has 2 aromatic rings. The Kier molecular flexibility index (Phi) is 4.65. The quantitative estimate of drug-likeness (QED) is 0.813. The second-order valence-electron chi connectivity index (χ2n) is 6.29. The van der Waals surface area contributed by atoms with Crippen molar-refractivity contribution in [2.24, 2.45) is 0 Å². The first-order valence-electron chi connectivity index (χ1n) is 8.31. The molecule has 0 unspecified atom stereocenters. The van der Waals surface area contributed by atoms with Crippen molar-refractivity contribution in [3.8, 4) is 11.3 Å². The van der Waals surface area contributed by atoms with Crippen LogP contribution in [-0.2, 0) is 0 Å². The number of hydrogen-bond acceptors (Lipinski definition) is 4. The number of nitrogens with one attached hydrogen (secondary N) is 1. The SMILES string of the molecule is C=C(/C=C/c1ccc(-c2ccc(NC)nn2)c(C)c1)N(C)C1CC1. The van der Waals surface area contributed by atoms with E-state index in [-0.39, 0.29) is 0 Å². The average molecular weight is 320 g/mol. The van der Waals surface area contributed by atoms with Crippen LogP contribution >= 0.6 is 0 Å². The van der Waals surface area contributed by atoms with Crippen molar-refractivity contribution in [1.29, 1.82) is 0 Å². The highest BCUT2D eigenvalue weighted by molar-refractivity contribution is 5.67. The highest BCUT2D eigenvalue weighted by atomic mass is 15.2. The molecule has 0 radical (unpaired) electrons. The number of anilines is 1. The molecule has 1 aliphatic carbocycles. The summed E-state index contributed by atoms with van der Waals surface area (Å²) < 4.78 is 0. The van der Waals surface area contributed by atoms with Gasteiger partial charge in [-0.25, -0.2) is 0 Å². The van der Waals surface area contributed by atoms with Crippen LogP contribution in [0.15, 0.2) is 48.7 Å². The zero-order chi connectivity index (χ0) is 17.1. The molecule has 1 aliphatic rings. The largest absolute Gasteiger partial charge is 0.372 e. The van der Waals surface area contributed by atoms with E-state index in [0.717, 1.165) is 22.8 Å². The van der Waals surface area contributed by atoms with Crippen molar-refractivity contribution in [2.45, 2.75) is 25.8 Å². The number of allylic oxidation sites excluding steroid dienone is 1. The van der Waals surface area contributed by atoms with Crippen molar-refractivity contribution in [3.63, 3.8) is 0 Å². The lowest BCUT2D eigenvalue weighted by atomic mass is 10.0. The third-order valence-corrected chi connectivity index (χ3v) is 4.46. The lowest BCUT2D eigenvalue weighted by Gasteiger charge is -2.18. The summed E-state index contributed by atoms with van der Waals surface area (Å²) >= 11 is 0. The highest BCUT2D eigenvalue weighted by Crippen LogP contribution is 2.28. The number of likely N-dealkylation sites (N-methyl/N-ethyl adjacent to an activating group) is 1. The zero-order valence-corrected chi connectivity index (χ0v) is 14.6. The third-order valence-electron chi connectivity index (χ3n) is 4.46. The first-order chi connectivity index (χ1) is 11.6. The molecule has 0 aliphatic heterocycles. The first kappa shape index (κ1) is 16.2. The summed E-state index contributed by atoms with van der Waals surface area (Å²) in [6.07, 6.45) is 6.77. The normalized spacial score (nSPS) is 14.0. The second-order valence-corrected chi connectivity index (χ2v) is 6.29. The van der Waals surface area contributed by atoms with Crippen molar-refractivity contribution in [1.82, 2.24) is 15.1 Å². The molecule has 1 N–H and O–H groups in total. The molecule has 24 heavy (non-hydrogen) atoms. The lowest BCUT2D eigenvalue weighted by Crippen LogP contribution is -2.17. The van der Waals surface area contributed by atoms with Crippen molar-refractivity contribution >= 4 is 11.9 Å². The molecule has 0 spiro atoms. The van der Waals surface area contributed by atoms with Crippen LogP contribution in [0.1, 0.15) is 24.0 Å². The fraction of sp³-hybridized carbons (Fsp3) is 0.300. The molecule has 124 valence electrons. The fourth-order valence-corrected chi connectivity index (χ4v) is 2.69. The van der Waals surface area contributed by atoms with E-state index in [1.807, 2.05) is 19.2 Å². The van der Waals surface area contributed by atoms with Gasteiger partial charge in [-0.1, -0.05) is 30.9 Å². The summed E-state index contributed by atoms with van der Waals surface area (Å²) in [5.41, 5.74) is 5.41. The first-order valence-corrected chi connectivity index (χ1v) is 8.31. The average Bonchev–Trinajstić information content (AvgIpc) is 3.44. The summed E-state index contributed by atoms with van der Waals surface area (Å²) in [6.45, 7) is 6.25. The van der Waals surface area contributed by atoms with Gasteiger partial charge in [0.1, 0.15) is 5.82 Å². The monoisotopic (exact) mass is 320 g/mol. The Bertz CT molecular complexity index is 758. The van der Waals surface area contributed by atoms with Gasteiger partial charge < -0.3 is 10.2 Å².